The van der Waals surface area contributed by atoms with Gasteiger partial charge in [0.05, 0.1) is 11.9 Å². The van der Waals surface area contributed by atoms with Crippen molar-refractivity contribution in [1.29, 1.82) is 0 Å². The van der Waals surface area contributed by atoms with Crippen molar-refractivity contribution in [1.82, 2.24) is 14.6 Å². The molecule has 0 saturated heterocycles. The molecule has 0 fully saturated rings. The molecule has 0 radical (unpaired) electrons. The van der Waals surface area contributed by atoms with Crippen molar-refractivity contribution in [2.75, 3.05) is 11.9 Å². The minimum Gasteiger partial charge on any atom is -0.480 e. The fourth-order valence-corrected chi connectivity index (χ4v) is 2.24. The standard InChI is InChI=1S/C9H12N4O2S/c1-5-4-13-8(10-5)16-9(11-13)12(3)6(2)7(14)15/h4,6H,1-3H3,(H,14,15). The third-order valence-electron chi connectivity index (χ3n) is 2.39. The van der Waals surface area contributed by atoms with E-state index in [4.69, 9.17) is 5.11 Å². The molecule has 2 aromatic heterocycles. The Bertz CT molecular complexity index is 501. The first-order valence-corrected chi connectivity index (χ1v) is 5.59. The maximum Gasteiger partial charge on any atom is 0.326 e. The number of imidazole rings is 1. The number of aliphatic carboxylic acids is 1. The van der Waals surface area contributed by atoms with Crippen molar-refractivity contribution < 1.29 is 9.90 Å². The number of aromatic nitrogens is 3. The van der Waals surface area contributed by atoms with Crippen molar-refractivity contribution >= 4 is 27.4 Å². The van der Waals surface area contributed by atoms with Crippen LogP contribution in [0.5, 0.6) is 0 Å². The summed E-state index contributed by atoms with van der Waals surface area (Å²) in [4.78, 5) is 17.5. The summed E-state index contributed by atoms with van der Waals surface area (Å²) >= 11 is 1.38. The lowest BCUT2D eigenvalue weighted by atomic mass is 10.3. The molecule has 7 heteroatoms. The van der Waals surface area contributed by atoms with Crippen LogP contribution in [0.1, 0.15) is 12.6 Å². The summed E-state index contributed by atoms with van der Waals surface area (Å²) in [7, 11) is 1.71. The van der Waals surface area contributed by atoms with Gasteiger partial charge in [-0.25, -0.2) is 14.3 Å². The summed E-state index contributed by atoms with van der Waals surface area (Å²) in [6.07, 6.45) is 1.81. The second kappa shape index (κ2) is 3.75. The van der Waals surface area contributed by atoms with Crippen LogP contribution in [0, 0.1) is 6.92 Å². The molecule has 0 aromatic carbocycles. The van der Waals surface area contributed by atoms with Crippen molar-refractivity contribution in [3.05, 3.63) is 11.9 Å². The normalized spacial score (nSPS) is 12.9. The summed E-state index contributed by atoms with van der Waals surface area (Å²) in [5.74, 6) is -0.869. The third-order valence-corrected chi connectivity index (χ3v) is 3.41. The van der Waals surface area contributed by atoms with E-state index in [-0.39, 0.29) is 0 Å². The highest BCUT2D eigenvalue weighted by Crippen LogP contribution is 2.23. The monoisotopic (exact) mass is 240 g/mol. The number of likely N-dealkylation sites (N-methyl/N-ethyl adjacent to an activating group) is 1. The Morgan fingerprint density at radius 1 is 1.69 bits per heavy atom. The number of hydrogen-bond donors (Lipinski definition) is 1. The first-order valence-electron chi connectivity index (χ1n) is 4.77. The Morgan fingerprint density at radius 3 is 2.94 bits per heavy atom. The summed E-state index contributed by atoms with van der Waals surface area (Å²) < 4.78 is 1.67. The predicted molar refractivity (Wildman–Crippen MR) is 61.1 cm³/mol. The summed E-state index contributed by atoms with van der Waals surface area (Å²) in [6, 6.07) is -0.600. The molecule has 1 N–H and O–H groups in total. The van der Waals surface area contributed by atoms with Gasteiger partial charge in [0.2, 0.25) is 10.1 Å². The molecule has 2 aromatic rings. The van der Waals surface area contributed by atoms with Gasteiger partial charge in [-0.15, -0.1) is 5.10 Å². The Morgan fingerprint density at radius 2 is 2.38 bits per heavy atom. The number of anilines is 1. The zero-order valence-electron chi connectivity index (χ0n) is 9.21. The van der Waals surface area contributed by atoms with E-state index >= 15 is 0 Å². The van der Waals surface area contributed by atoms with E-state index in [2.05, 4.69) is 10.1 Å². The average Bonchev–Trinajstić information content (AvgIpc) is 2.71. The first kappa shape index (κ1) is 10.9. The Kier molecular flexibility index (Phi) is 2.55. The van der Waals surface area contributed by atoms with E-state index < -0.39 is 12.0 Å². The van der Waals surface area contributed by atoms with Gasteiger partial charge < -0.3 is 10.0 Å². The zero-order valence-corrected chi connectivity index (χ0v) is 10.0. The van der Waals surface area contributed by atoms with E-state index in [1.165, 1.54) is 11.3 Å². The third kappa shape index (κ3) is 1.73. The molecule has 1 unspecified atom stereocenters. The van der Waals surface area contributed by atoms with Gasteiger partial charge in [-0.05, 0) is 13.8 Å². The number of rotatable bonds is 3. The summed E-state index contributed by atoms with van der Waals surface area (Å²) in [5.41, 5.74) is 0.902. The van der Waals surface area contributed by atoms with Gasteiger partial charge in [-0.1, -0.05) is 11.3 Å². The largest absolute Gasteiger partial charge is 0.480 e. The molecular weight excluding hydrogens is 228 g/mol. The quantitative estimate of drug-likeness (QED) is 0.867. The van der Waals surface area contributed by atoms with Crippen LogP contribution in [0.4, 0.5) is 5.13 Å². The van der Waals surface area contributed by atoms with Crippen LogP contribution in [0.2, 0.25) is 0 Å². The lowest BCUT2D eigenvalue weighted by molar-refractivity contribution is -0.138. The van der Waals surface area contributed by atoms with Gasteiger partial charge in [-0.3, -0.25) is 0 Å². The predicted octanol–water partition coefficient (Wildman–Crippen LogP) is 1.01. The SMILES string of the molecule is Cc1cn2nc(N(C)C(C)C(=O)O)sc2n1. The van der Waals surface area contributed by atoms with Crippen LogP contribution in [0.25, 0.3) is 4.96 Å². The fraction of sp³-hybridized carbons (Fsp3) is 0.444. The molecule has 16 heavy (non-hydrogen) atoms. The summed E-state index contributed by atoms with van der Waals surface area (Å²) in [5, 5.41) is 13.8. The highest BCUT2D eigenvalue weighted by Gasteiger charge is 2.20. The Hall–Kier alpha value is -1.63. The van der Waals surface area contributed by atoms with E-state index in [1.54, 1.807) is 23.4 Å². The van der Waals surface area contributed by atoms with Crippen molar-refractivity contribution in [2.24, 2.45) is 0 Å². The molecule has 2 rings (SSSR count). The van der Waals surface area contributed by atoms with Crippen LogP contribution >= 0.6 is 11.3 Å². The minimum absolute atomic E-state index is 0.600. The van der Waals surface area contributed by atoms with Gasteiger partial charge >= 0.3 is 5.97 Å². The maximum absolute atomic E-state index is 10.8. The molecule has 0 amide bonds. The number of nitrogens with zero attached hydrogens (tertiary/aromatic N) is 4. The Labute approximate surface area is 96.1 Å². The first-order chi connectivity index (χ1) is 7.49. The topological polar surface area (TPSA) is 70.7 Å². The molecule has 86 valence electrons. The molecule has 0 aliphatic heterocycles. The number of fused-ring (bicyclic) bond motifs is 1. The van der Waals surface area contributed by atoms with Crippen LogP contribution < -0.4 is 4.90 Å². The van der Waals surface area contributed by atoms with E-state index in [0.29, 0.717) is 5.13 Å². The maximum atomic E-state index is 10.8. The van der Waals surface area contributed by atoms with Gasteiger partial charge in [0, 0.05) is 7.05 Å². The molecule has 0 saturated carbocycles. The average molecular weight is 240 g/mol. The second-order valence-corrected chi connectivity index (χ2v) is 4.55. The Balaban J connectivity index is 2.33. The highest BCUT2D eigenvalue weighted by atomic mass is 32.1. The lowest BCUT2D eigenvalue weighted by Gasteiger charge is -2.19. The van der Waals surface area contributed by atoms with Crippen molar-refractivity contribution in [3.63, 3.8) is 0 Å². The molecule has 1 atom stereocenters. The van der Waals surface area contributed by atoms with Crippen molar-refractivity contribution in [3.8, 4) is 0 Å². The van der Waals surface area contributed by atoms with E-state index in [0.717, 1.165) is 10.7 Å². The summed E-state index contributed by atoms with van der Waals surface area (Å²) in [6.45, 7) is 3.52. The smallest absolute Gasteiger partial charge is 0.326 e. The molecule has 2 heterocycles. The fourth-order valence-electron chi connectivity index (χ4n) is 1.27. The number of hydrogen-bond acceptors (Lipinski definition) is 5. The van der Waals surface area contributed by atoms with Gasteiger partial charge in [0.1, 0.15) is 6.04 Å². The second-order valence-electron chi connectivity index (χ2n) is 3.62. The van der Waals surface area contributed by atoms with Gasteiger partial charge in [-0.2, -0.15) is 0 Å². The number of carbonyl (C=O) groups is 1. The molecule has 0 spiro atoms. The minimum atomic E-state index is -0.869. The molecular formula is C9H12N4O2S. The van der Waals surface area contributed by atoms with Crippen LogP contribution in [0.15, 0.2) is 6.20 Å². The van der Waals surface area contributed by atoms with Crippen molar-refractivity contribution in [2.45, 2.75) is 19.9 Å². The highest BCUT2D eigenvalue weighted by molar-refractivity contribution is 7.20. The number of carboxylic acids is 1. The van der Waals surface area contributed by atoms with Crippen LogP contribution in [-0.4, -0.2) is 38.8 Å². The van der Waals surface area contributed by atoms with Gasteiger partial charge in [0.15, 0.2) is 0 Å². The number of carboxylic acid groups (broad SMARTS) is 1. The molecule has 0 aliphatic carbocycles. The molecule has 6 nitrogen and oxygen atoms in total. The zero-order chi connectivity index (χ0) is 11.9. The van der Waals surface area contributed by atoms with E-state index in [1.807, 2.05) is 13.1 Å². The van der Waals surface area contributed by atoms with Crippen LogP contribution in [0.3, 0.4) is 0 Å². The molecule has 0 aliphatic rings. The molecule has 0 bridgehead atoms. The van der Waals surface area contributed by atoms with E-state index in [9.17, 15) is 4.79 Å². The van der Waals surface area contributed by atoms with Gasteiger partial charge in [0.25, 0.3) is 0 Å². The lowest BCUT2D eigenvalue weighted by Crippen LogP contribution is -2.35. The van der Waals surface area contributed by atoms with Crippen LogP contribution in [-0.2, 0) is 4.79 Å². The number of aryl methyl sites for hydroxylation is 1.